The molecule has 1 aromatic carbocycles. The fraction of sp³-hybridized carbons (Fsp3) is 0.188. The van der Waals surface area contributed by atoms with Gasteiger partial charge in [-0.25, -0.2) is 0 Å². The molecule has 0 fully saturated rings. The van der Waals surface area contributed by atoms with Gasteiger partial charge in [-0.3, -0.25) is 25.2 Å². The molecule has 0 radical (unpaired) electrons. The molecule has 2 N–H and O–H groups in total. The molecule has 0 aliphatic heterocycles. The molecule has 0 unspecified atom stereocenters. The largest absolute Gasteiger partial charge is 0.496 e. The third-order valence-corrected chi connectivity index (χ3v) is 3.91. The van der Waals surface area contributed by atoms with Gasteiger partial charge in [0.25, 0.3) is 17.4 Å². The number of benzene rings is 1. The van der Waals surface area contributed by atoms with Crippen LogP contribution in [0.5, 0.6) is 5.75 Å². The van der Waals surface area contributed by atoms with Gasteiger partial charge < -0.3 is 9.30 Å². The molecule has 8 heteroatoms. The van der Waals surface area contributed by atoms with Crippen LogP contribution in [0, 0.1) is 0 Å². The lowest BCUT2D eigenvalue weighted by atomic mass is 10.2. The molecule has 7 nitrogen and oxygen atoms in total. The Morgan fingerprint density at radius 2 is 2.00 bits per heavy atom. The van der Waals surface area contributed by atoms with Crippen LogP contribution >= 0.6 is 11.8 Å². The number of hydrogen-bond acceptors (Lipinski definition) is 5. The fourth-order valence-electron chi connectivity index (χ4n) is 1.97. The van der Waals surface area contributed by atoms with Crippen molar-refractivity contribution in [1.29, 1.82) is 0 Å². The molecule has 0 saturated heterocycles. The van der Waals surface area contributed by atoms with E-state index in [-0.39, 0.29) is 12.1 Å². The molecule has 126 valence electrons. The zero-order valence-corrected chi connectivity index (χ0v) is 14.1. The summed E-state index contributed by atoms with van der Waals surface area (Å²) in [5.41, 5.74) is 4.59. The maximum absolute atomic E-state index is 12.2. The van der Waals surface area contributed by atoms with E-state index >= 15 is 0 Å². The van der Waals surface area contributed by atoms with E-state index in [1.807, 2.05) is 6.26 Å². The van der Waals surface area contributed by atoms with Gasteiger partial charge in [0.1, 0.15) is 12.3 Å². The first-order chi connectivity index (χ1) is 11.5. The number of nitrogens with zero attached hydrogens (tertiary/aromatic N) is 1. The maximum atomic E-state index is 12.2. The average Bonchev–Trinajstić information content (AvgIpc) is 2.61. The first-order valence-corrected chi connectivity index (χ1v) is 8.24. The van der Waals surface area contributed by atoms with E-state index in [0.717, 1.165) is 4.90 Å². The Morgan fingerprint density at radius 1 is 1.21 bits per heavy atom. The van der Waals surface area contributed by atoms with Crippen LogP contribution in [0.3, 0.4) is 0 Å². The number of amides is 2. The molecule has 1 aromatic heterocycles. The van der Waals surface area contributed by atoms with Gasteiger partial charge in [0.15, 0.2) is 0 Å². The van der Waals surface area contributed by atoms with Crippen molar-refractivity contribution >= 4 is 23.6 Å². The number of ether oxygens (including phenoxy) is 1. The van der Waals surface area contributed by atoms with Crippen LogP contribution in [0.1, 0.15) is 10.4 Å². The molecular formula is C16H17N3O4S. The summed E-state index contributed by atoms with van der Waals surface area (Å²) in [4.78, 5) is 36.5. The lowest BCUT2D eigenvalue weighted by Crippen LogP contribution is -2.44. The first-order valence-electron chi connectivity index (χ1n) is 7.02. The zero-order valence-electron chi connectivity index (χ0n) is 13.2. The summed E-state index contributed by atoms with van der Waals surface area (Å²) in [5, 5.41) is 0. The number of thioether (sulfide) groups is 1. The van der Waals surface area contributed by atoms with Gasteiger partial charge in [-0.15, -0.1) is 11.8 Å². The Hall–Kier alpha value is -2.74. The van der Waals surface area contributed by atoms with Crippen LogP contribution < -0.4 is 21.1 Å². The quantitative estimate of drug-likeness (QED) is 0.623. The number of pyridine rings is 1. The molecule has 0 atom stereocenters. The summed E-state index contributed by atoms with van der Waals surface area (Å²) in [5.74, 6) is -0.613. The van der Waals surface area contributed by atoms with E-state index in [0.29, 0.717) is 11.3 Å². The molecule has 2 aromatic rings. The number of nitrogens with one attached hydrogen (secondary N) is 2. The fourth-order valence-corrected chi connectivity index (χ4v) is 2.39. The number of rotatable bonds is 5. The van der Waals surface area contributed by atoms with Gasteiger partial charge >= 0.3 is 0 Å². The van der Waals surface area contributed by atoms with Crippen molar-refractivity contribution in [3.63, 3.8) is 0 Å². The molecule has 0 bridgehead atoms. The maximum Gasteiger partial charge on any atom is 0.273 e. The number of aromatic nitrogens is 1. The van der Waals surface area contributed by atoms with Crippen LogP contribution in [-0.4, -0.2) is 29.7 Å². The highest BCUT2D eigenvalue weighted by Gasteiger charge is 2.14. The summed E-state index contributed by atoms with van der Waals surface area (Å²) in [6, 6.07) is 9.73. The lowest BCUT2D eigenvalue weighted by molar-refractivity contribution is -0.122. The van der Waals surface area contributed by atoms with E-state index in [2.05, 4.69) is 10.9 Å². The topological polar surface area (TPSA) is 89.4 Å². The average molecular weight is 347 g/mol. The third kappa shape index (κ3) is 4.39. The second-order valence-corrected chi connectivity index (χ2v) is 5.61. The first kappa shape index (κ1) is 17.6. The predicted molar refractivity (Wildman–Crippen MR) is 91.1 cm³/mol. The summed E-state index contributed by atoms with van der Waals surface area (Å²) < 4.78 is 6.43. The van der Waals surface area contributed by atoms with Gasteiger partial charge in [-0.1, -0.05) is 6.07 Å². The second-order valence-electron chi connectivity index (χ2n) is 4.74. The number of carbonyl (C=O) groups is 2. The molecule has 2 rings (SSSR count). The smallest absolute Gasteiger partial charge is 0.273 e. The van der Waals surface area contributed by atoms with E-state index in [9.17, 15) is 14.4 Å². The highest BCUT2D eigenvalue weighted by Crippen LogP contribution is 2.25. The van der Waals surface area contributed by atoms with Crippen molar-refractivity contribution < 1.29 is 14.3 Å². The minimum Gasteiger partial charge on any atom is -0.496 e. The van der Waals surface area contributed by atoms with Crippen molar-refractivity contribution in [2.75, 3.05) is 13.4 Å². The van der Waals surface area contributed by atoms with Crippen molar-refractivity contribution in [3.8, 4) is 5.75 Å². The van der Waals surface area contributed by atoms with Crippen molar-refractivity contribution in [2.24, 2.45) is 0 Å². The highest BCUT2D eigenvalue weighted by molar-refractivity contribution is 7.98. The van der Waals surface area contributed by atoms with E-state index < -0.39 is 11.8 Å². The molecule has 2 amide bonds. The third-order valence-electron chi connectivity index (χ3n) is 3.18. The highest BCUT2D eigenvalue weighted by atomic mass is 32.2. The minimum absolute atomic E-state index is 0.192. The Bertz CT molecular complexity index is 804. The second kappa shape index (κ2) is 8.21. The van der Waals surface area contributed by atoms with Crippen LogP contribution in [0.4, 0.5) is 0 Å². The minimum atomic E-state index is -0.517. The van der Waals surface area contributed by atoms with Gasteiger partial charge in [-0.05, 0) is 30.5 Å². The molecule has 1 heterocycles. The Labute approximate surface area is 143 Å². The normalized spacial score (nSPS) is 10.1. The van der Waals surface area contributed by atoms with Crippen molar-refractivity contribution in [3.05, 3.63) is 58.5 Å². The van der Waals surface area contributed by atoms with Crippen LogP contribution in [0.2, 0.25) is 0 Å². The Morgan fingerprint density at radius 3 is 2.67 bits per heavy atom. The van der Waals surface area contributed by atoms with E-state index in [4.69, 9.17) is 4.74 Å². The molecule has 0 saturated carbocycles. The van der Waals surface area contributed by atoms with Crippen molar-refractivity contribution in [1.82, 2.24) is 15.4 Å². The Kier molecular flexibility index (Phi) is 6.02. The standard InChI is InChI=1S/C16H17N3O4S/c1-23-13-9-11(24-2)6-7-12(13)16(22)18-17-14(20)10-19-8-4-3-5-15(19)21/h3-9H,10H2,1-2H3,(H,17,20)(H,18,22). The summed E-state index contributed by atoms with van der Waals surface area (Å²) in [6.45, 7) is -0.192. The summed E-state index contributed by atoms with van der Waals surface area (Å²) in [6.07, 6.45) is 3.41. The lowest BCUT2D eigenvalue weighted by Gasteiger charge is -2.11. The van der Waals surface area contributed by atoms with Gasteiger partial charge in [-0.2, -0.15) is 0 Å². The zero-order chi connectivity index (χ0) is 17.5. The van der Waals surface area contributed by atoms with Crippen molar-refractivity contribution in [2.45, 2.75) is 11.4 Å². The number of hydrogen-bond donors (Lipinski definition) is 2. The summed E-state index contributed by atoms with van der Waals surface area (Å²) >= 11 is 1.53. The van der Waals surface area contributed by atoms with Gasteiger partial charge in [0.05, 0.1) is 12.7 Å². The van der Waals surface area contributed by atoms with E-state index in [1.54, 1.807) is 30.3 Å². The van der Waals surface area contributed by atoms with Gasteiger partial charge in [0.2, 0.25) is 0 Å². The predicted octanol–water partition coefficient (Wildman–Crippen LogP) is 1.04. The number of hydrazine groups is 1. The summed E-state index contributed by atoms with van der Waals surface area (Å²) in [7, 11) is 1.47. The van der Waals surface area contributed by atoms with Crippen LogP contribution in [0.15, 0.2) is 52.3 Å². The molecule has 24 heavy (non-hydrogen) atoms. The van der Waals surface area contributed by atoms with Gasteiger partial charge in [0, 0.05) is 17.2 Å². The molecule has 0 aliphatic carbocycles. The number of methoxy groups -OCH3 is 1. The Balaban J connectivity index is 1.99. The molecule has 0 aliphatic rings. The monoisotopic (exact) mass is 347 g/mol. The molecule has 0 spiro atoms. The number of carbonyl (C=O) groups excluding carboxylic acids is 2. The SMILES string of the molecule is COc1cc(SC)ccc1C(=O)NNC(=O)Cn1ccccc1=O. The molecular weight excluding hydrogens is 330 g/mol. The van der Waals surface area contributed by atoms with Crippen LogP contribution in [-0.2, 0) is 11.3 Å². The van der Waals surface area contributed by atoms with Crippen LogP contribution in [0.25, 0.3) is 0 Å². The van der Waals surface area contributed by atoms with E-state index in [1.165, 1.54) is 35.7 Å².